The largest absolute Gasteiger partial charge is 0.476 e. The molecule has 0 spiro atoms. The van der Waals surface area contributed by atoms with Gasteiger partial charge in [-0.3, -0.25) is 0 Å². The third-order valence-corrected chi connectivity index (χ3v) is 7.60. The molecular weight excluding hydrogens is 669 g/mol. The summed E-state index contributed by atoms with van der Waals surface area (Å²) in [5.41, 5.74) is 9.06. The van der Waals surface area contributed by atoms with E-state index in [1.807, 2.05) is 42.5 Å². The minimum Gasteiger partial charge on any atom is -0.476 e. The fourth-order valence-electron chi connectivity index (χ4n) is 5.57. The Hall–Kier alpha value is -3.59. The molecule has 3 heterocycles. The minimum absolute atomic E-state index is 0. The normalized spacial score (nSPS) is 15.6. The van der Waals surface area contributed by atoms with E-state index < -0.39 is 6.85 Å². The quantitative estimate of drug-likeness (QED) is 0.173. The zero-order valence-electron chi connectivity index (χ0n) is 25.6. The van der Waals surface area contributed by atoms with E-state index in [4.69, 9.17) is 13.8 Å². The molecule has 1 radical (unpaired) electrons. The van der Waals surface area contributed by atoms with Crippen molar-refractivity contribution in [3.8, 4) is 34.0 Å². The molecular formula is C36H32IrN2O-2. The Kier molecular flexibility index (Phi) is 7.19. The van der Waals surface area contributed by atoms with Crippen LogP contribution in [0.3, 0.4) is 0 Å². The molecule has 4 heteroatoms. The van der Waals surface area contributed by atoms with Gasteiger partial charge in [0.05, 0.1) is 5.75 Å². The van der Waals surface area contributed by atoms with E-state index in [1.165, 1.54) is 41.2 Å². The molecule has 7 rings (SSSR count). The molecule has 0 saturated heterocycles. The van der Waals surface area contributed by atoms with Crippen LogP contribution in [-0.2, 0) is 38.4 Å². The van der Waals surface area contributed by atoms with Crippen molar-refractivity contribution in [3.63, 3.8) is 0 Å². The van der Waals surface area contributed by atoms with Crippen molar-refractivity contribution in [1.29, 1.82) is 0 Å². The number of hydrogen-bond donors (Lipinski definition) is 0. The van der Waals surface area contributed by atoms with Crippen LogP contribution in [0, 0.1) is 19.0 Å². The Morgan fingerprint density at radius 2 is 1.68 bits per heavy atom. The maximum atomic E-state index is 7.25. The Bertz CT molecular complexity index is 1720. The fourth-order valence-corrected chi connectivity index (χ4v) is 5.57. The second-order valence-corrected chi connectivity index (χ2v) is 10.6. The van der Waals surface area contributed by atoms with E-state index in [0.717, 1.165) is 46.9 Å². The summed E-state index contributed by atoms with van der Waals surface area (Å²) in [4.78, 5) is 8.97. The molecule has 0 N–H and O–H groups in total. The van der Waals surface area contributed by atoms with Crippen molar-refractivity contribution in [2.24, 2.45) is 0 Å². The number of fused-ring (bicyclic) bond motifs is 3. The van der Waals surface area contributed by atoms with Crippen LogP contribution in [-0.4, -0.2) is 9.97 Å². The number of rotatable bonds is 2. The van der Waals surface area contributed by atoms with Gasteiger partial charge in [-0.2, -0.15) is 0 Å². The molecule has 0 atom stereocenters. The molecule has 40 heavy (non-hydrogen) atoms. The number of pyridine rings is 2. The Morgan fingerprint density at radius 1 is 0.850 bits per heavy atom. The van der Waals surface area contributed by atoms with Gasteiger partial charge in [-0.1, -0.05) is 68.2 Å². The second-order valence-electron chi connectivity index (χ2n) is 10.6. The third-order valence-electron chi connectivity index (χ3n) is 7.60. The molecule has 0 saturated carbocycles. The molecule has 3 nitrogen and oxygen atoms in total. The Morgan fingerprint density at radius 3 is 2.45 bits per heavy atom. The molecule has 1 aliphatic carbocycles. The summed E-state index contributed by atoms with van der Waals surface area (Å²) >= 11 is 0. The van der Waals surface area contributed by atoms with Gasteiger partial charge in [-0.25, -0.2) is 0 Å². The van der Waals surface area contributed by atoms with E-state index in [0.29, 0.717) is 5.56 Å². The number of benzene rings is 3. The van der Waals surface area contributed by atoms with Gasteiger partial charge in [-0.15, -0.1) is 59.2 Å². The maximum absolute atomic E-state index is 7.25. The summed E-state index contributed by atoms with van der Waals surface area (Å²) in [5, 5.41) is 0. The predicted octanol–water partition coefficient (Wildman–Crippen LogP) is 8.71. The van der Waals surface area contributed by atoms with Gasteiger partial charge in [0, 0.05) is 36.6 Å². The fraction of sp³-hybridized carbons (Fsp3) is 0.222. The van der Waals surface area contributed by atoms with Gasteiger partial charge in [0.1, 0.15) is 5.75 Å². The maximum Gasteiger partial charge on any atom is 0.128 e. The molecule has 2 aliphatic rings. The van der Waals surface area contributed by atoms with Gasteiger partial charge < -0.3 is 14.7 Å². The molecule has 0 unspecified atom stereocenters. The summed E-state index contributed by atoms with van der Waals surface area (Å²) in [5.74, 6) is 1.86. The van der Waals surface area contributed by atoms with Crippen molar-refractivity contribution < 1.29 is 29.0 Å². The zero-order chi connectivity index (χ0) is 29.3. The standard InChI is InChI=1S/C24H22NO.C12H10N.Ir/c1-24(2)19-11-5-6-12-21(19)26-22-13-7-10-18(23(22)24)20-14-16-8-3-4-9-17(16)15-25-20;1-10-5-7-11(8-6-10)12-4-2-3-9-13-12;/h5-7,11-15H,3-4,8-9H2,1-2H3;2-7,9H,1H3;/q2*-1;/i;1D3;. The van der Waals surface area contributed by atoms with Crippen molar-refractivity contribution in [1.82, 2.24) is 9.97 Å². The van der Waals surface area contributed by atoms with Crippen LogP contribution in [0.5, 0.6) is 11.5 Å². The van der Waals surface area contributed by atoms with E-state index in [-0.39, 0.29) is 25.5 Å². The summed E-state index contributed by atoms with van der Waals surface area (Å²) in [7, 11) is 0. The van der Waals surface area contributed by atoms with E-state index >= 15 is 0 Å². The summed E-state index contributed by atoms with van der Waals surface area (Å²) < 4.78 is 28.0. The average Bonchev–Trinajstić information content (AvgIpc) is 3.01. The van der Waals surface area contributed by atoms with Crippen LogP contribution < -0.4 is 4.74 Å². The zero-order valence-corrected chi connectivity index (χ0v) is 25.0. The molecule has 1 aliphatic heterocycles. The minimum atomic E-state index is -2.07. The first-order valence-corrected chi connectivity index (χ1v) is 13.5. The predicted molar refractivity (Wildman–Crippen MR) is 157 cm³/mol. The first kappa shape index (κ1) is 24.2. The molecule has 3 aromatic carbocycles. The average molecular weight is 704 g/mol. The van der Waals surface area contributed by atoms with Crippen LogP contribution in [0.2, 0.25) is 0 Å². The monoisotopic (exact) mass is 704 g/mol. The van der Waals surface area contributed by atoms with Crippen molar-refractivity contribution in [2.75, 3.05) is 0 Å². The molecule has 0 bridgehead atoms. The van der Waals surface area contributed by atoms with Crippen molar-refractivity contribution in [3.05, 3.63) is 131 Å². The summed E-state index contributed by atoms with van der Waals surface area (Å²) in [6, 6.07) is 31.4. The Balaban J connectivity index is 0.000000188. The number of aromatic nitrogens is 2. The third kappa shape index (κ3) is 5.52. The number of hydrogen-bond acceptors (Lipinski definition) is 3. The number of para-hydroxylation sites is 1. The van der Waals surface area contributed by atoms with Gasteiger partial charge in [0.25, 0.3) is 0 Å². The van der Waals surface area contributed by atoms with Crippen LogP contribution in [0.25, 0.3) is 22.5 Å². The van der Waals surface area contributed by atoms with Crippen LogP contribution in [0.1, 0.15) is 58.6 Å². The van der Waals surface area contributed by atoms with Crippen molar-refractivity contribution >= 4 is 0 Å². The Labute approximate surface area is 255 Å². The first-order valence-electron chi connectivity index (χ1n) is 15.0. The van der Waals surface area contributed by atoms with Gasteiger partial charge in [0.2, 0.25) is 0 Å². The SMILES string of the molecule is CC1(C)c2ccccc2Oc2cc[c-]c(-c3cc4c(cn3)CCCC4)c21.[2H]C([2H])([2H])c1c[c-]c(-c2ccccn2)cc1.[Ir]. The second kappa shape index (κ2) is 11.9. The van der Waals surface area contributed by atoms with Crippen molar-refractivity contribution in [2.45, 2.75) is 51.8 Å². The van der Waals surface area contributed by atoms with E-state index in [9.17, 15) is 0 Å². The van der Waals surface area contributed by atoms with Gasteiger partial charge in [0.15, 0.2) is 0 Å². The summed E-state index contributed by atoms with van der Waals surface area (Å²) in [6.07, 6.45) is 8.62. The van der Waals surface area contributed by atoms with Crippen LogP contribution in [0.15, 0.2) is 91.3 Å². The van der Waals surface area contributed by atoms with Crippen LogP contribution in [0.4, 0.5) is 0 Å². The number of ether oxygens (including phenoxy) is 1. The molecule has 2 aromatic heterocycles. The smallest absolute Gasteiger partial charge is 0.128 e. The molecule has 0 amide bonds. The van der Waals surface area contributed by atoms with Crippen LogP contribution >= 0.6 is 0 Å². The molecule has 203 valence electrons. The topological polar surface area (TPSA) is 35.0 Å². The van der Waals surface area contributed by atoms with E-state index in [2.05, 4.69) is 55.4 Å². The van der Waals surface area contributed by atoms with Gasteiger partial charge >= 0.3 is 0 Å². The number of aryl methyl sites for hydroxylation is 3. The number of nitrogens with zero attached hydrogens (tertiary/aromatic N) is 2. The first-order chi connectivity index (χ1) is 20.2. The van der Waals surface area contributed by atoms with E-state index in [1.54, 1.807) is 18.3 Å². The molecule has 5 aromatic rings. The molecule has 0 fully saturated rings. The summed E-state index contributed by atoms with van der Waals surface area (Å²) in [6.45, 7) is 2.46. The van der Waals surface area contributed by atoms with Gasteiger partial charge in [-0.05, 0) is 65.7 Å².